The molecule has 1 saturated carbocycles. The molecule has 4 aromatic rings. The molecule has 1 aliphatic rings. The molecule has 1 fully saturated rings. The van der Waals surface area contributed by atoms with E-state index in [1.807, 2.05) is 49.4 Å². The van der Waals surface area contributed by atoms with Crippen LogP contribution in [-0.4, -0.2) is 27.8 Å². The number of aromatic nitrogens is 2. The summed E-state index contributed by atoms with van der Waals surface area (Å²) in [7, 11) is 0. The van der Waals surface area contributed by atoms with Crippen LogP contribution in [0.4, 0.5) is 4.39 Å². The lowest BCUT2D eigenvalue weighted by molar-refractivity contribution is -0.126. The second-order valence-corrected chi connectivity index (χ2v) is 9.49. The van der Waals surface area contributed by atoms with Gasteiger partial charge >= 0.3 is 0 Å². The van der Waals surface area contributed by atoms with Crippen molar-refractivity contribution >= 4 is 22.8 Å². The fourth-order valence-corrected chi connectivity index (χ4v) is 4.82. The highest BCUT2D eigenvalue weighted by Gasteiger charge is 2.28. The average Bonchev–Trinajstić information content (AvgIpc) is 3.33. The minimum atomic E-state index is -0.293. The van der Waals surface area contributed by atoms with Gasteiger partial charge in [-0.1, -0.05) is 42.5 Å². The maximum Gasteiger partial charge on any atom is 0.251 e. The Bertz CT molecular complexity index is 1360. The van der Waals surface area contributed by atoms with Gasteiger partial charge in [-0.25, -0.2) is 9.37 Å². The van der Waals surface area contributed by atoms with Gasteiger partial charge in [0.25, 0.3) is 5.91 Å². The first-order valence-electron chi connectivity index (χ1n) is 12.4. The number of nitrogens with one attached hydrogen (secondary N) is 3. The van der Waals surface area contributed by atoms with Gasteiger partial charge in [-0.05, 0) is 68.5 Å². The van der Waals surface area contributed by atoms with Crippen molar-refractivity contribution in [2.45, 2.75) is 44.7 Å². The second kappa shape index (κ2) is 10.3. The van der Waals surface area contributed by atoms with Crippen LogP contribution in [0.25, 0.3) is 22.4 Å². The summed E-state index contributed by atoms with van der Waals surface area (Å²) in [4.78, 5) is 33.6. The van der Waals surface area contributed by atoms with Gasteiger partial charge in [-0.3, -0.25) is 9.59 Å². The molecule has 184 valence electrons. The molecule has 5 rings (SSSR count). The van der Waals surface area contributed by atoms with Gasteiger partial charge in [-0.15, -0.1) is 0 Å². The van der Waals surface area contributed by atoms with Crippen molar-refractivity contribution in [2.75, 3.05) is 0 Å². The summed E-state index contributed by atoms with van der Waals surface area (Å²) in [5, 5.41) is 6.17. The number of hydrogen-bond donors (Lipinski definition) is 3. The van der Waals surface area contributed by atoms with E-state index in [9.17, 15) is 14.0 Å². The Balaban J connectivity index is 1.15. The Morgan fingerprint density at radius 2 is 1.69 bits per heavy atom. The Labute approximate surface area is 209 Å². The van der Waals surface area contributed by atoms with Crippen molar-refractivity contribution in [3.63, 3.8) is 0 Å². The summed E-state index contributed by atoms with van der Waals surface area (Å²) < 4.78 is 13.2. The molecule has 0 bridgehead atoms. The van der Waals surface area contributed by atoms with Crippen LogP contribution < -0.4 is 10.6 Å². The van der Waals surface area contributed by atoms with Crippen LogP contribution in [0.15, 0.2) is 72.8 Å². The van der Waals surface area contributed by atoms with Crippen LogP contribution in [-0.2, 0) is 4.79 Å². The van der Waals surface area contributed by atoms with E-state index >= 15 is 0 Å². The molecule has 1 aromatic heterocycles. The maximum atomic E-state index is 13.2. The van der Waals surface area contributed by atoms with E-state index in [0.717, 1.165) is 40.8 Å². The fourth-order valence-electron chi connectivity index (χ4n) is 4.82. The van der Waals surface area contributed by atoms with Crippen LogP contribution in [0.1, 0.15) is 54.6 Å². The molecule has 1 atom stereocenters. The van der Waals surface area contributed by atoms with Crippen molar-refractivity contribution in [3.8, 4) is 11.4 Å². The molecule has 0 unspecified atom stereocenters. The second-order valence-electron chi connectivity index (χ2n) is 9.49. The van der Waals surface area contributed by atoms with E-state index in [0.29, 0.717) is 18.4 Å². The summed E-state index contributed by atoms with van der Waals surface area (Å²) in [6.45, 7) is 1.90. The number of imidazole rings is 1. The number of carbonyl (C=O) groups is 2. The lowest BCUT2D eigenvalue weighted by Crippen LogP contribution is -2.41. The molecule has 3 N–H and O–H groups in total. The third kappa shape index (κ3) is 5.30. The van der Waals surface area contributed by atoms with Gasteiger partial charge < -0.3 is 15.6 Å². The van der Waals surface area contributed by atoms with Crippen molar-refractivity contribution in [3.05, 3.63) is 89.7 Å². The van der Waals surface area contributed by atoms with E-state index in [4.69, 9.17) is 0 Å². The summed E-state index contributed by atoms with van der Waals surface area (Å²) in [5.74, 6) is 0.285. The molecule has 0 radical (unpaired) electrons. The van der Waals surface area contributed by atoms with Crippen LogP contribution in [0.3, 0.4) is 0 Å². The molecule has 1 aliphatic carbocycles. The zero-order valence-electron chi connectivity index (χ0n) is 20.1. The molecule has 0 saturated heterocycles. The zero-order chi connectivity index (χ0) is 25.1. The van der Waals surface area contributed by atoms with Crippen molar-refractivity contribution in [1.82, 2.24) is 20.6 Å². The maximum absolute atomic E-state index is 13.2. The first kappa shape index (κ1) is 23.7. The Morgan fingerprint density at radius 3 is 2.42 bits per heavy atom. The quantitative estimate of drug-likeness (QED) is 0.336. The van der Waals surface area contributed by atoms with Gasteiger partial charge in [0, 0.05) is 23.1 Å². The molecule has 2 amide bonds. The van der Waals surface area contributed by atoms with E-state index in [1.54, 1.807) is 18.2 Å². The van der Waals surface area contributed by atoms with Gasteiger partial charge in [0.2, 0.25) is 5.91 Å². The van der Waals surface area contributed by atoms with Crippen molar-refractivity contribution in [1.29, 1.82) is 0 Å². The lowest BCUT2D eigenvalue weighted by atomic mass is 9.85. The summed E-state index contributed by atoms with van der Waals surface area (Å²) in [5.41, 5.74) is 4.08. The fraction of sp³-hybridized carbons (Fsp3) is 0.276. The number of carbonyl (C=O) groups excluding carboxylic acids is 2. The van der Waals surface area contributed by atoms with Gasteiger partial charge in [0.1, 0.15) is 11.6 Å². The SMILES string of the molecule is C[C@@H](NC(=O)C1CCC(NC(=O)c2ccc3nc(-c4ccccc4)[nH]c3c2)CC1)c1ccc(F)cc1. The summed E-state index contributed by atoms with van der Waals surface area (Å²) in [6.07, 6.45) is 2.93. The molecule has 0 spiro atoms. The topological polar surface area (TPSA) is 86.9 Å². The third-order valence-corrected chi connectivity index (χ3v) is 6.95. The Hall–Kier alpha value is -4.00. The van der Waals surface area contributed by atoms with Gasteiger partial charge in [0.15, 0.2) is 0 Å². The predicted octanol–water partition coefficient (Wildman–Crippen LogP) is 5.54. The molecular formula is C29H29FN4O2. The van der Waals surface area contributed by atoms with Crippen LogP contribution in [0.2, 0.25) is 0 Å². The van der Waals surface area contributed by atoms with Crippen LogP contribution in [0, 0.1) is 11.7 Å². The third-order valence-electron chi connectivity index (χ3n) is 6.95. The Kier molecular flexibility index (Phi) is 6.80. The molecule has 3 aromatic carbocycles. The molecule has 36 heavy (non-hydrogen) atoms. The highest BCUT2D eigenvalue weighted by atomic mass is 19.1. The van der Waals surface area contributed by atoms with E-state index in [2.05, 4.69) is 20.6 Å². The standard InChI is InChI=1S/C29H29FN4O2/c1-18(19-7-12-23(30)13-8-19)31-28(35)21-9-14-24(15-10-21)32-29(36)22-11-16-25-26(17-22)34-27(33-25)20-5-3-2-4-6-20/h2-8,11-13,16-18,21,24H,9-10,14-15H2,1H3,(H,31,35)(H,32,36)(H,33,34)/t18-,21?,24?/m1/s1. The van der Waals surface area contributed by atoms with Crippen molar-refractivity contribution < 1.29 is 14.0 Å². The number of nitrogens with zero attached hydrogens (tertiary/aromatic N) is 1. The molecular weight excluding hydrogens is 455 g/mol. The summed E-state index contributed by atoms with van der Waals surface area (Å²) in [6, 6.07) is 21.4. The monoisotopic (exact) mass is 484 g/mol. The number of amides is 2. The van der Waals surface area contributed by atoms with E-state index < -0.39 is 0 Å². The van der Waals surface area contributed by atoms with Gasteiger partial charge in [-0.2, -0.15) is 0 Å². The number of halogens is 1. The largest absolute Gasteiger partial charge is 0.349 e. The number of aromatic amines is 1. The zero-order valence-corrected chi connectivity index (χ0v) is 20.1. The van der Waals surface area contributed by atoms with Crippen LogP contribution >= 0.6 is 0 Å². The number of hydrogen-bond acceptors (Lipinski definition) is 3. The molecule has 6 nitrogen and oxygen atoms in total. The number of benzene rings is 3. The molecule has 7 heteroatoms. The molecule has 1 heterocycles. The smallest absolute Gasteiger partial charge is 0.251 e. The average molecular weight is 485 g/mol. The minimum absolute atomic E-state index is 0.00974. The first-order chi connectivity index (χ1) is 17.5. The minimum Gasteiger partial charge on any atom is -0.349 e. The van der Waals surface area contributed by atoms with Crippen molar-refractivity contribution in [2.24, 2.45) is 5.92 Å². The van der Waals surface area contributed by atoms with E-state index in [-0.39, 0.29) is 35.6 Å². The normalized spacial score (nSPS) is 18.5. The first-order valence-corrected chi connectivity index (χ1v) is 12.4. The van der Waals surface area contributed by atoms with E-state index in [1.165, 1.54) is 12.1 Å². The number of fused-ring (bicyclic) bond motifs is 1. The predicted molar refractivity (Wildman–Crippen MR) is 138 cm³/mol. The highest BCUT2D eigenvalue weighted by molar-refractivity contribution is 5.97. The van der Waals surface area contributed by atoms with Gasteiger partial charge in [0.05, 0.1) is 17.1 Å². The number of H-pyrrole nitrogens is 1. The Morgan fingerprint density at radius 1 is 0.972 bits per heavy atom. The molecule has 0 aliphatic heterocycles. The highest BCUT2D eigenvalue weighted by Crippen LogP contribution is 2.26. The lowest BCUT2D eigenvalue weighted by Gasteiger charge is -2.29. The number of rotatable bonds is 6. The summed E-state index contributed by atoms with van der Waals surface area (Å²) >= 11 is 0. The van der Waals surface area contributed by atoms with Crippen LogP contribution in [0.5, 0.6) is 0 Å².